The van der Waals surface area contributed by atoms with Crippen LogP contribution in [-0.2, 0) is 0 Å². The maximum Gasteiger partial charge on any atom is 0.161 e. The van der Waals surface area contributed by atoms with Gasteiger partial charge >= 0.3 is 0 Å². The van der Waals surface area contributed by atoms with Crippen molar-refractivity contribution in [1.29, 1.82) is 5.41 Å². The Bertz CT molecular complexity index is 716. The first kappa shape index (κ1) is 22.6. The van der Waals surface area contributed by atoms with Gasteiger partial charge in [0.25, 0.3) is 0 Å². The third-order valence-electron chi connectivity index (χ3n) is 4.58. The first-order chi connectivity index (χ1) is 14.2. The van der Waals surface area contributed by atoms with Gasteiger partial charge in [-0.3, -0.25) is 5.41 Å². The van der Waals surface area contributed by atoms with Gasteiger partial charge in [-0.25, -0.2) is 0 Å². The minimum atomic E-state index is 0.0695. The molecule has 2 aromatic rings. The number of ether oxygens (including phenoxy) is 3. The van der Waals surface area contributed by atoms with Crippen molar-refractivity contribution >= 4 is 5.84 Å². The summed E-state index contributed by atoms with van der Waals surface area (Å²) < 4.78 is 17.5. The normalized spacial score (nSPS) is 10.5. The quantitative estimate of drug-likeness (QED) is 0.234. The summed E-state index contributed by atoms with van der Waals surface area (Å²) in [4.78, 5) is 0. The van der Waals surface area contributed by atoms with Crippen LogP contribution in [0.4, 0.5) is 0 Å². The van der Waals surface area contributed by atoms with Crippen molar-refractivity contribution in [2.75, 3.05) is 19.8 Å². The van der Waals surface area contributed by atoms with E-state index in [0.717, 1.165) is 49.5 Å². The van der Waals surface area contributed by atoms with Gasteiger partial charge in [0.05, 0.1) is 19.8 Å². The average molecular weight is 399 g/mol. The largest absolute Gasteiger partial charge is 0.494 e. The zero-order valence-corrected chi connectivity index (χ0v) is 17.5. The number of para-hydroxylation sites is 2. The van der Waals surface area contributed by atoms with Crippen molar-refractivity contribution < 1.29 is 14.2 Å². The van der Waals surface area contributed by atoms with Crippen molar-refractivity contribution in [3.63, 3.8) is 0 Å². The van der Waals surface area contributed by atoms with Crippen LogP contribution in [0.15, 0.2) is 48.5 Å². The van der Waals surface area contributed by atoms with Gasteiger partial charge in [0.2, 0.25) is 0 Å². The molecule has 0 aliphatic heterocycles. The summed E-state index contributed by atoms with van der Waals surface area (Å²) in [6.07, 6.45) is 7.75. The Hall–Kier alpha value is -2.69. The predicted molar refractivity (Wildman–Crippen MR) is 118 cm³/mol. The molecule has 158 valence electrons. The summed E-state index contributed by atoms with van der Waals surface area (Å²) in [5.74, 6) is 2.53. The second kappa shape index (κ2) is 13.5. The molecule has 5 nitrogen and oxygen atoms in total. The lowest BCUT2D eigenvalue weighted by Gasteiger charge is -2.12. The van der Waals surface area contributed by atoms with Gasteiger partial charge < -0.3 is 19.9 Å². The molecular formula is C24H34N2O3. The number of hydrogen-bond donors (Lipinski definition) is 2. The zero-order chi connectivity index (χ0) is 20.7. The van der Waals surface area contributed by atoms with Crippen LogP contribution in [0.2, 0.25) is 0 Å². The minimum Gasteiger partial charge on any atom is -0.494 e. The SMILES string of the molecule is CCCCCCOc1ccccc1OCCCCCOc1ccc(C(=N)N)cc1. The van der Waals surface area contributed by atoms with Crippen LogP contribution in [0.25, 0.3) is 0 Å². The number of nitrogens with one attached hydrogen (secondary N) is 1. The van der Waals surface area contributed by atoms with Crippen LogP contribution in [0.1, 0.15) is 57.4 Å². The summed E-state index contributed by atoms with van der Waals surface area (Å²) >= 11 is 0. The highest BCUT2D eigenvalue weighted by Crippen LogP contribution is 2.27. The molecule has 0 amide bonds. The Balaban J connectivity index is 1.58. The lowest BCUT2D eigenvalue weighted by Crippen LogP contribution is -2.10. The number of rotatable bonds is 15. The summed E-state index contributed by atoms with van der Waals surface area (Å²) in [6.45, 7) is 4.29. The van der Waals surface area contributed by atoms with Crippen molar-refractivity contribution in [2.24, 2.45) is 5.73 Å². The van der Waals surface area contributed by atoms with Crippen molar-refractivity contribution in [3.05, 3.63) is 54.1 Å². The number of nitrogens with two attached hydrogens (primary N) is 1. The molecule has 5 heteroatoms. The molecule has 0 saturated heterocycles. The Labute approximate surface area is 174 Å². The molecule has 0 aliphatic carbocycles. The first-order valence-electron chi connectivity index (χ1n) is 10.6. The Morgan fingerprint density at radius 2 is 1.24 bits per heavy atom. The van der Waals surface area contributed by atoms with Gasteiger partial charge in [-0.1, -0.05) is 38.3 Å². The van der Waals surface area contributed by atoms with E-state index in [1.165, 1.54) is 19.3 Å². The van der Waals surface area contributed by atoms with Gasteiger partial charge in [0, 0.05) is 5.56 Å². The number of unbranched alkanes of at least 4 members (excludes halogenated alkanes) is 5. The van der Waals surface area contributed by atoms with E-state index in [1.807, 2.05) is 36.4 Å². The molecule has 2 rings (SSSR count). The van der Waals surface area contributed by atoms with Crippen molar-refractivity contribution in [2.45, 2.75) is 51.9 Å². The van der Waals surface area contributed by atoms with Gasteiger partial charge in [-0.05, 0) is 62.1 Å². The molecule has 0 radical (unpaired) electrons. The minimum absolute atomic E-state index is 0.0695. The van der Waals surface area contributed by atoms with Crippen LogP contribution < -0.4 is 19.9 Å². The van der Waals surface area contributed by atoms with Gasteiger partial charge in [-0.2, -0.15) is 0 Å². The maximum atomic E-state index is 7.39. The molecular weight excluding hydrogens is 364 g/mol. The van der Waals surface area contributed by atoms with Crippen LogP contribution >= 0.6 is 0 Å². The van der Waals surface area contributed by atoms with Crippen LogP contribution in [-0.4, -0.2) is 25.7 Å². The maximum absolute atomic E-state index is 7.39. The summed E-state index contributed by atoms with van der Waals surface area (Å²) in [6, 6.07) is 15.2. The number of amidine groups is 1. The molecule has 0 heterocycles. The zero-order valence-electron chi connectivity index (χ0n) is 17.5. The summed E-state index contributed by atoms with van der Waals surface area (Å²) in [5, 5.41) is 7.39. The van der Waals surface area contributed by atoms with E-state index in [0.29, 0.717) is 18.8 Å². The van der Waals surface area contributed by atoms with E-state index in [-0.39, 0.29) is 5.84 Å². The fourth-order valence-corrected chi connectivity index (χ4v) is 2.88. The topological polar surface area (TPSA) is 77.6 Å². The van der Waals surface area contributed by atoms with Crippen molar-refractivity contribution in [3.8, 4) is 17.2 Å². The second-order valence-electron chi connectivity index (χ2n) is 7.05. The fourth-order valence-electron chi connectivity index (χ4n) is 2.88. The third kappa shape index (κ3) is 8.90. The van der Waals surface area contributed by atoms with Gasteiger partial charge in [0.1, 0.15) is 11.6 Å². The van der Waals surface area contributed by atoms with E-state index in [9.17, 15) is 0 Å². The highest BCUT2D eigenvalue weighted by Gasteiger charge is 2.04. The molecule has 0 spiro atoms. The van der Waals surface area contributed by atoms with E-state index in [2.05, 4.69) is 6.92 Å². The molecule has 0 saturated carbocycles. The van der Waals surface area contributed by atoms with E-state index in [4.69, 9.17) is 25.4 Å². The van der Waals surface area contributed by atoms with Crippen LogP contribution in [0.3, 0.4) is 0 Å². The highest BCUT2D eigenvalue weighted by atomic mass is 16.5. The highest BCUT2D eigenvalue weighted by molar-refractivity contribution is 5.94. The third-order valence-corrected chi connectivity index (χ3v) is 4.58. The Morgan fingerprint density at radius 1 is 0.724 bits per heavy atom. The molecule has 2 aromatic carbocycles. The van der Waals surface area contributed by atoms with E-state index in [1.54, 1.807) is 12.1 Å². The summed E-state index contributed by atoms with van der Waals surface area (Å²) in [5.41, 5.74) is 6.16. The number of benzene rings is 2. The molecule has 0 aliphatic rings. The Morgan fingerprint density at radius 3 is 1.76 bits per heavy atom. The van der Waals surface area contributed by atoms with Crippen LogP contribution in [0, 0.1) is 5.41 Å². The molecule has 0 bridgehead atoms. The second-order valence-corrected chi connectivity index (χ2v) is 7.05. The van der Waals surface area contributed by atoms with Gasteiger partial charge in [0.15, 0.2) is 11.5 Å². The lowest BCUT2D eigenvalue weighted by molar-refractivity contribution is 0.253. The van der Waals surface area contributed by atoms with Crippen molar-refractivity contribution in [1.82, 2.24) is 0 Å². The standard InChI is InChI=1S/C24H34N2O3/c1-2-3-4-8-18-28-22-11-6-7-12-23(22)29-19-10-5-9-17-27-21-15-13-20(14-16-21)24(25)26/h6-7,11-16H,2-5,8-10,17-19H2,1H3,(H3,25,26). The lowest BCUT2D eigenvalue weighted by atomic mass is 10.2. The molecule has 0 fully saturated rings. The molecule has 29 heavy (non-hydrogen) atoms. The molecule has 0 atom stereocenters. The molecule has 0 unspecified atom stereocenters. The average Bonchev–Trinajstić information content (AvgIpc) is 2.74. The summed E-state index contributed by atoms with van der Waals surface area (Å²) in [7, 11) is 0. The van der Waals surface area contributed by atoms with E-state index < -0.39 is 0 Å². The first-order valence-corrected chi connectivity index (χ1v) is 10.6. The number of hydrogen-bond acceptors (Lipinski definition) is 4. The fraction of sp³-hybridized carbons (Fsp3) is 0.458. The smallest absolute Gasteiger partial charge is 0.161 e. The number of nitrogen functional groups attached to an aromatic ring is 1. The monoisotopic (exact) mass is 398 g/mol. The predicted octanol–water partition coefficient (Wildman–Crippen LogP) is 5.56. The Kier molecular flexibility index (Phi) is 10.5. The molecule has 0 aromatic heterocycles. The van der Waals surface area contributed by atoms with Crippen LogP contribution in [0.5, 0.6) is 17.2 Å². The van der Waals surface area contributed by atoms with E-state index >= 15 is 0 Å². The molecule has 3 N–H and O–H groups in total. The van der Waals surface area contributed by atoms with Gasteiger partial charge in [-0.15, -0.1) is 0 Å².